The number of fused-ring (bicyclic) bond motifs is 1. The Morgan fingerprint density at radius 3 is 2.55 bits per heavy atom. The van der Waals surface area contributed by atoms with Gasteiger partial charge in [0, 0.05) is 10.4 Å². The summed E-state index contributed by atoms with van der Waals surface area (Å²) in [5.41, 5.74) is -0.296. The van der Waals surface area contributed by atoms with Crippen LogP contribution in [-0.4, -0.2) is 25.2 Å². The number of alkyl halides is 2. The highest BCUT2D eigenvalue weighted by Gasteiger charge is 2.44. The quantitative estimate of drug-likeness (QED) is 0.437. The van der Waals surface area contributed by atoms with Crippen molar-refractivity contribution < 1.29 is 17.6 Å². The van der Waals surface area contributed by atoms with Crippen LogP contribution in [0, 0.1) is 11.6 Å². The number of halogens is 5. The van der Waals surface area contributed by atoms with Gasteiger partial charge < -0.3 is 0 Å². The Balaban J connectivity index is 1.81. The third-order valence-electron chi connectivity index (χ3n) is 4.54. The topological polar surface area (TPSA) is 56.5 Å². The van der Waals surface area contributed by atoms with Crippen molar-refractivity contribution in [2.75, 3.05) is 0 Å². The molecule has 0 aliphatic carbocycles. The van der Waals surface area contributed by atoms with Gasteiger partial charge in [0.15, 0.2) is 11.6 Å². The molecule has 2 heterocycles. The van der Waals surface area contributed by atoms with Gasteiger partial charge in [-0.05, 0) is 52.4 Å². The molecular formula is C19H12ClF4N5. The molecule has 0 saturated heterocycles. The van der Waals surface area contributed by atoms with E-state index in [1.807, 2.05) is 0 Å². The second-order valence-corrected chi connectivity index (χ2v) is 6.85. The van der Waals surface area contributed by atoms with Gasteiger partial charge in [-0.1, -0.05) is 23.7 Å². The van der Waals surface area contributed by atoms with Crippen molar-refractivity contribution in [3.05, 3.63) is 82.8 Å². The number of benzene rings is 2. The van der Waals surface area contributed by atoms with E-state index in [9.17, 15) is 8.78 Å². The van der Waals surface area contributed by atoms with Gasteiger partial charge in [-0.2, -0.15) is 8.78 Å². The molecule has 0 spiro atoms. The largest absolute Gasteiger partial charge is 0.298 e. The molecular weight excluding hydrogens is 410 g/mol. The standard InChI is InChI=1S/C19H12ClF4N5/c20-13-3-5-17-12(7-13)2-6-18(26-17)19(23,24)14(9-29-10-25-27-28-29)11-1-4-15(21)16(22)8-11/h1-8,10,14H,9H2. The Labute approximate surface area is 166 Å². The molecule has 0 amide bonds. The van der Waals surface area contributed by atoms with Crippen molar-refractivity contribution in [2.24, 2.45) is 0 Å². The molecule has 0 radical (unpaired) electrons. The lowest BCUT2D eigenvalue weighted by molar-refractivity contribution is -0.0443. The fourth-order valence-electron chi connectivity index (χ4n) is 3.07. The van der Waals surface area contributed by atoms with E-state index in [-0.39, 0.29) is 12.1 Å². The molecule has 10 heteroatoms. The third-order valence-corrected chi connectivity index (χ3v) is 4.77. The molecule has 148 valence electrons. The molecule has 0 bridgehead atoms. The zero-order valence-electron chi connectivity index (χ0n) is 14.6. The molecule has 0 aliphatic rings. The monoisotopic (exact) mass is 421 g/mol. The van der Waals surface area contributed by atoms with Crippen LogP contribution in [0.15, 0.2) is 54.9 Å². The molecule has 29 heavy (non-hydrogen) atoms. The van der Waals surface area contributed by atoms with Crippen LogP contribution in [0.3, 0.4) is 0 Å². The van der Waals surface area contributed by atoms with Crippen molar-refractivity contribution in [1.29, 1.82) is 0 Å². The predicted molar refractivity (Wildman–Crippen MR) is 97.6 cm³/mol. The van der Waals surface area contributed by atoms with E-state index >= 15 is 8.78 Å². The number of hydrogen-bond acceptors (Lipinski definition) is 4. The first kappa shape index (κ1) is 19.3. The van der Waals surface area contributed by atoms with E-state index in [2.05, 4.69) is 20.5 Å². The fraction of sp³-hybridized carbons (Fsp3) is 0.158. The maximum atomic E-state index is 15.6. The first-order valence-electron chi connectivity index (χ1n) is 8.45. The van der Waals surface area contributed by atoms with Gasteiger partial charge in [0.2, 0.25) is 0 Å². The van der Waals surface area contributed by atoms with Crippen molar-refractivity contribution in [1.82, 2.24) is 25.2 Å². The molecule has 0 saturated carbocycles. The van der Waals surface area contributed by atoms with Crippen molar-refractivity contribution in [2.45, 2.75) is 18.4 Å². The van der Waals surface area contributed by atoms with Crippen LogP contribution in [0.25, 0.3) is 10.9 Å². The zero-order chi connectivity index (χ0) is 20.6. The Morgan fingerprint density at radius 2 is 1.83 bits per heavy atom. The number of pyridine rings is 1. The SMILES string of the molecule is Fc1ccc(C(Cn2cnnn2)C(F)(F)c2ccc3cc(Cl)ccc3n2)cc1F. The summed E-state index contributed by atoms with van der Waals surface area (Å²) in [5.74, 6) is -7.48. The van der Waals surface area contributed by atoms with E-state index < -0.39 is 29.2 Å². The minimum Gasteiger partial charge on any atom is -0.246 e. The number of rotatable bonds is 5. The molecule has 5 nitrogen and oxygen atoms in total. The van der Waals surface area contributed by atoms with Gasteiger partial charge in [-0.15, -0.1) is 5.10 Å². The molecule has 1 atom stereocenters. The summed E-state index contributed by atoms with van der Waals surface area (Å²) >= 11 is 5.92. The van der Waals surface area contributed by atoms with Crippen LogP contribution in [0.5, 0.6) is 0 Å². The number of hydrogen-bond donors (Lipinski definition) is 0. The van der Waals surface area contributed by atoms with Gasteiger partial charge in [-0.25, -0.2) is 18.4 Å². The highest BCUT2D eigenvalue weighted by atomic mass is 35.5. The molecule has 0 N–H and O–H groups in total. The molecule has 4 rings (SSSR count). The van der Waals surface area contributed by atoms with E-state index in [0.29, 0.717) is 15.9 Å². The molecule has 2 aromatic carbocycles. The predicted octanol–water partition coefficient (Wildman–Crippen LogP) is 4.73. The lowest BCUT2D eigenvalue weighted by Crippen LogP contribution is -2.29. The van der Waals surface area contributed by atoms with Crippen LogP contribution < -0.4 is 0 Å². The summed E-state index contributed by atoms with van der Waals surface area (Å²) in [6.45, 7) is -0.370. The summed E-state index contributed by atoms with van der Waals surface area (Å²) < 4.78 is 59.3. The number of nitrogens with zero attached hydrogens (tertiary/aromatic N) is 5. The maximum Gasteiger partial charge on any atom is 0.298 e. The minimum atomic E-state index is -3.54. The second kappa shape index (κ2) is 7.40. The van der Waals surface area contributed by atoms with E-state index in [1.54, 1.807) is 12.1 Å². The third kappa shape index (κ3) is 3.77. The van der Waals surface area contributed by atoms with Gasteiger partial charge in [0.1, 0.15) is 12.0 Å². The second-order valence-electron chi connectivity index (χ2n) is 6.41. The van der Waals surface area contributed by atoms with Crippen LogP contribution in [0.4, 0.5) is 17.6 Å². The van der Waals surface area contributed by atoms with E-state index in [4.69, 9.17) is 11.6 Å². The first-order chi connectivity index (χ1) is 13.8. The molecule has 0 aliphatic heterocycles. The number of tetrazole rings is 1. The highest BCUT2D eigenvalue weighted by Crippen LogP contribution is 2.43. The van der Waals surface area contributed by atoms with Gasteiger partial charge in [-0.3, -0.25) is 0 Å². The van der Waals surface area contributed by atoms with Crippen LogP contribution in [0.1, 0.15) is 17.2 Å². The molecule has 4 aromatic rings. The highest BCUT2D eigenvalue weighted by molar-refractivity contribution is 6.31. The molecule has 0 fully saturated rings. The number of aromatic nitrogens is 5. The molecule has 1 unspecified atom stereocenters. The first-order valence-corrected chi connectivity index (χ1v) is 8.83. The molecule has 2 aromatic heterocycles. The summed E-state index contributed by atoms with van der Waals surface area (Å²) in [7, 11) is 0. The lowest BCUT2D eigenvalue weighted by atomic mass is 9.89. The Kier molecular flexibility index (Phi) is 4.91. The van der Waals surface area contributed by atoms with Gasteiger partial charge >= 0.3 is 0 Å². The average molecular weight is 422 g/mol. The van der Waals surface area contributed by atoms with Crippen LogP contribution in [-0.2, 0) is 12.5 Å². The average Bonchev–Trinajstić information content (AvgIpc) is 3.21. The summed E-state index contributed by atoms with van der Waals surface area (Å²) in [6.07, 6.45) is 1.17. The Bertz CT molecular complexity index is 1170. The normalized spacial score (nSPS) is 13.0. The van der Waals surface area contributed by atoms with Crippen molar-refractivity contribution in [3.63, 3.8) is 0 Å². The lowest BCUT2D eigenvalue weighted by Gasteiger charge is -2.27. The summed E-state index contributed by atoms with van der Waals surface area (Å²) in [5, 5.41) is 11.5. The maximum absolute atomic E-state index is 15.6. The Hall–Kier alpha value is -3.07. The van der Waals surface area contributed by atoms with Gasteiger partial charge in [0.25, 0.3) is 5.92 Å². The van der Waals surface area contributed by atoms with E-state index in [1.165, 1.54) is 24.5 Å². The summed E-state index contributed by atoms with van der Waals surface area (Å²) in [6, 6.07) is 10.0. The van der Waals surface area contributed by atoms with E-state index in [0.717, 1.165) is 22.9 Å². The summed E-state index contributed by atoms with van der Waals surface area (Å²) in [4.78, 5) is 4.07. The minimum absolute atomic E-state index is 0.109. The van der Waals surface area contributed by atoms with Crippen LogP contribution >= 0.6 is 11.6 Å². The van der Waals surface area contributed by atoms with Crippen molar-refractivity contribution in [3.8, 4) is 0 Å². The zero-order valence-corrected chi connectivity index (χ0v) is 15.4. The smallest absolute Gasteiger partial charge is 0.246 e. The fourth-order valence-corrected chi connectivity index (χ4v) is 3.25. The van der Waals surface area contributed by atoms with Crippen molar-refractivity contribution >= 4 is 22.5 Å². The van der Waals surface area contributed by atoms with Gasteiger partial charge in [0.05, 0.1) is 18.0 Å². The van der Waals surface area contributed by atoms with Crippen LogP contribution in [0.2, 0.25) is 5.02 Å². The Morgan fingerprint density at radius 1 is 1.00 bits per heavy atom.